The second-order valence-corrected chi connectivity index (χ2v) is 5.14. The van der Waals surface area contributed by atoms with E-state index in [4.69, 9.17) is 15.2 Å². The van der Waals surface area contributed by atoms with Gasteiger partial charge in [-0.2, -0.15) is 0 Å². The fourth-order valence-electron chi connectivity index (χ4n) is 2.68. The van der Waals surface area contributed by atoms with Crippen LogP contribution in [0.15, 0.2) is 18.2 Å². The SMILES string of the molecule is COc1ccc(C(N)=O)cc1NC1CCCC(OC)C1. The van der Waals surface area contributed by atoms with E-state index in [1.165, 1.54) is 0 Å². The number of ether oxygens (including phenoxy) is 2. The van der Waals surface area contributed by atoms with Crippen LogP contribution in [-0.2, 0) is 4.74 Å². The van der Waals surface area contributed by atoms with Gasteiger partial charge in [-0.3, -0.25) is 4.79 Å². The van der Waals surface area contributed by atoms with E-state index in [1.54, 1.807) is 32.4 Å². The Hall–Kier alpha value is -1.75. The molecule has 0 saturated heterocycles. The van der Waals surface area contributed by atoms with Gasteiger partial charge in [-0.1, -0.05) is 0 Å². The van der Waals surface area contributed by atoms with Gasteiger partial charge in [0, 0.05) is 18.7 Å². The summed E-state index contributed by atoms with van der Waals surface area (Å²) in [4.78, 5) is 11.3. The molecule has 5 nitrogen and oxygen atoms in total. The Kier molecular flexibility index (Phi) is 4.84. The molecule has 0 radical (unpaired) electrons. The van der Waals surface area contributed by atoms with Crippen LogP contribution >= 0.6 is 0 Å². The van der Waals surface area contributed by atoms with E-state index in [9.17, 15) is 4.79 Å². The summed E-state index contributed by atoms with van der Waals surface area (Å²) in [5, 5.41) is 3.45. The number of nitrogens with two attached hydrogens (primary N) is 1. The van der Waals surface area contributed by atoms with Crippen LogP contribution in [0.1, 0.15) is 36.0 Å². The number of nitrogens with one attached hydrogen (secondary N) is 1. The van der Waals surface area contributed by atoms with Gasteiger partial charge in [-0.05, 0) is 43.9 Å². The Morgan fingerprint density at radius 2 is 2.15 bits per heavy atom. The summed E-state index contributed by atoms with van der Waals surface area (Å²) in [7, 11) is 3.37. The number of hydrogen-bond donors (Lipinski definition) is 2. The predicted molar refractivity (Wildman–Crippen MR) is 78.2 cm³/mol. The van der Waals surface area contributed by atoms with Gasteiger partial charge in [0.15, 0.2) is 0 Å². The zero-order chi connectivity index (χ0) is 14.5. The Labute approximate surface area is 119 Å². The molecule has 2 rings (SSSR count). The maximum atomic E-state index is 11.3. The summed E-state index contributed by atoms with van der Waals surface area (Å²) in [6.45, 7) is 0. The first-order valence-electron chi connectivity index (χ1n) is 6.91. The number of methoxy groups -OCH3 is 2. The van der Waals surface area contributed by atoms with Crippen molar-refractivity contribution >= 4 is 11.6 Å². The lowest BCUT2D eigenvalue weighted by molar-refractivity contribution is 0.0669. The molecule has 1 aliphatic carbocycles. The molecule has 1 aliphatic rings. The fraction of sp³-hybridized carbons (Fsp3) is 0.533. The summed E-state index contributed by atoms with van der Waals surface area (Å²) < 4.78 is 10.8. The zero-order valence-electron chi connectivity index (χ0n) is 12.0. The minimum Gasteiger partial charge on any atom is -0.495 e. The molecular weight excluding hydrogens is 256 g/mol. The first-order chi connectivity index (χ1) is 9.63. The van der Waals surface area contributed by atoms with Crippen LogP contribution in [0.3, 0.4) is 0 Å². The van der Waals surface area contributed by atoms with Crippen molar-refractivity contribution in [3.05, 3.63) is 23.8 Å². The molecule has 5 heteroatoms. The third-order valence-electron chi connectivity index (χ3n) is 3.80. The number of hydrogen-bond acceptors (Lipinski definition) is 4. The van der Waals surface area contributed by atoms with Gasteiger partial charge in [-0.25, -0.2) is 0 Å². The largest absolute Gasteiger partial charge is 0.495 e. The van der Waals surface area contributed by atoms with E-state index in [0.29, 0.717) is 17.7 Å². The molecule has 1 fully saturated rings. The van der Waals surface area contributed by atoms with Gasteiger partial charge in [0.1, 0.15) is 5.75 Å². The van der Waals surface area contributed by atoms with Crippen molar-refractivity contribution in [1.29, 1.82) is 0 Å². The lowest BCUT2D eigenvalue weighted by Gasteiger charge is -2.30. The minimum absolute atomic E-state index is 0.298. The van der Waals surface area contributed by atoms with Crippen molar-refractivity contribution in [3.8, 4) is 5.75 Å². The topological polar surface area (TPSA) is 73.6 Å². The molecule has 1 aromatic rings. The van der Waals surface area contributed by atoms with E-state index in [2.05, 4.69) is 5.32 Å². The number of carbonyl (C=O) groups excluding carboxylic acids is 1. The molecule has 2 unspecified atom stereocenters. The number of anilines is 1. The average molecular weight is 278 g/mol. The van der Waals surface area contributed by atoms with Crippen molar-refractivity contribution < 1.29 is 14.3 Å². The van der Waals surface area contributed by atoms with Gasteiger partial charge >= 0.3 is 0 Å². The third kappa shape index (κ3) is 3.42. The number of carbonyl (C=O) groups is 1. The summed E-state index contributed by atoms with van der Waals surface area (Å²) >= 11 is 0. The molecule has 1 amide bonds. The van der Waals surface area contributed by atoms with Gasteiger partial charge in [0.05, 0.1) is 18.9 Å². The summed E-state index contributed by atoms with van der Waals surface area (Å²) in [5.41, 5.74) is 6.61. The monoisotopic (exact) mass is 278 g/mol. The highest BCUT2D eigenvalue weighted by Gasteiger charge is 2.22. The zero-order valence-corrected chi connectivity index (χ0v) is 12.0. The smallest absolute Gasteiger partial charge is 0.248 e. The summed E-state index contributed by atoms with van der Waals surface area (Å²) in [6.07, 6.45) is 4.58. The normalized spacial score (nSPS) is 22.3. The van der Waals surface area contributed by atoms with Crippen LogP contribution < -0.4 is 15.8 Å². The predicted octanol–water partition coefficient (Wildman–Crippen LogP) is 2.16. The molecule has 0 aliphatic heterocycles. The van der Waals surface area contributed by atoms with E-state index >= 15 is 0 Å². The quantitative estimate of drug-likeness (QED) is 0.865. The molecular formula is C15H22N2O3. The Balaban J connectivity index is 2.14. The number of benzene rings is 1. The molecule has 110 valence electrons. The number of primary amides is 1. The molecule has 0 heterocycles. The van der Waals surface area contributed by atoms with Crippen molar-refractivity contribution in [2.24, 2.45) is 5.73 Å². The number of rotatable bonds is 5. The Morgan fingerprint density at radius 3 is 2.80 bits per heavy atom. The standard InChI is InChI=1S/C15H22N2O3/c1-19-12-5-3-4-11(9-12)17-13-8-10(15(16)18)6-7-14(13)20-2/h6-8,11-12,17H,3-5,9H2,1-2H3,(H2,16,18). The lowest BCUT2D eigenvalue weighted by Crippen LogP contribution is -2.31. The van der Waals surface area contributed by atoms with Crippen LogP contribution in [0, 0.1) is 0 Å². The second-order valence-electron chi connectivity index (χ2n) is 5.14. The molecule has 20 heavy (non-hydrogen) atoms. The fourth-order valence-corrected chi connectivity index (χ4v) is 2.68. The third-order valence-corrected chi connectivity index (χ3v) is 3.80. The van der Waals surface area contributed by atoms with Crippen LogP contribution in [0.2, 0.25) is 0 Å². The molecule has 1 aromatic carbocycles. The summed E-state index contributed by atoms with van der Waals surface area (Å²) in [6, 6.07) is 5.51. The van der Waals surface area contributed by atoms with E-state index < -0.39 is 5.91 Å². The maximum absolute atomic E-state index is 11.3. The van der Waals surface area contributed by atoms with Gasteiger partial charge in [-0.15, -0.1) is 0 Å². The van der Waals surface area contributed by atoms with Crippen molar-refractivity contribution in [1.82, 2.24) is 0 Å². The van der Waals surface area contributed by atoms with Crippen LogP contribution in [0.4, 0.5) is 5.69 Å². The molecule has 0 aromatic heterocycles. The van der Waals surface area contributed by atoms with E-state index in [-0.39, 0.29) is 0 Å². The lowest BCUT2D eigenvalue weighted by atomic mass is 9.92. The van der Waals surface area contributed by atoms with Gasteiger partial charge < -0.3 is 20.5 Å². The Morgan fingerprint density at radius 1 is 1.35 bits per heavy atom. The molecule has 0 spiro atoms. The first-order valence-corrected chi connectivity index (χ1v) is 6.91. The van der Waals surface area contributed by atoms with Gasteiger partial charge in [0.2, 0.25) is 5.91 Å². The van der Waals surface area contributed by atoms with Crippen molar-refractivity contribution in [2.75, 3.05) is 19.5 Å². The maximum Gasteiger partial charge on any atom is 0.248 e. The highest BCUT2D eigenvalue weighted by Crippen LogP contribution is 2.30. The van der Waals surface area contributed by atoms with Gasteiger partial charge in [0.25, 0.3) is 0 Å². The van der Waals surface area contributed by atoms with Crippen LogP contribution in [0.5, 0.6) is 5.75 Å². The molecule has 1 saturated carbocycles. The molecule has 2 atom stereocenters. The molecule has 0 bridgehead atoms. The van der Waals surface area contributed by atoms with E-state index in [1.807, 2.05) is 0 Å². The number of amides is 1. The Bertz CT molecular complexity index is 476. The minimum atomic E-state index is -0.436. The second kappa shape index (κ2) is 6.61. The van der Waals surface area contributed by atoms with Crippen LogP contribution in [0.25, 0.3) is 0 Å². The van der Waals surface area contributed by atoms with Crippen molar-refractivity contribution in [2.45, 2.75) is 37.8 Å². The van der Waals surface area contributed by atoms with Crippen molar-refractivity contribution in [3.63, 3.8) is 0 Å². The van der Waals surface area contributed by atoms with E-state index in [0.717, 1.165) is 37.1 Å². The first kappa shape index (κ1) is 14.7. The molecule has 3 N–H and O–H groups in total. The van der Waals surface area contributed by atoms with Crippen LogP contribution in [-0.4, -0.2) is 32.3 Å². The summed E-state index contributed by atoms with van der Waals surface area (Å²) in [5.74, 6) is 0.281. The average Bonchev–Trinajstić information content (AvgIpc) is 2.47. The highest BCUT2D eigenvalue weighted by molar-refractivity contribution is 5.94. The highest BCUT2D eigenvalue weighted by atomic mass is 16.5.